The standard InChI is InChI=1S/C34H38ClN5S/c1-21-14-17-38(18-15-21)31-13-12-26(20-28(31)35)40-33(32(37-34(40)41)29-10-6-7-16-36-29)27-19-23(3)39(25(27)5)30-11-8-9-22(2)24(30)4/h6-13,16,19-21,32-33H,14-15,17-18H2,1-5H3,(H,37,41)/t32-,33-/m1/s1. The minimum Gasteiger partial charge on any atom is -0.370 e. The molecule has 4 heterocycles. The molecule has 0 unspecified atom stereocenters. The van der Waals surface area contributed by atoms with Crippen molar-refractivity contribution in [1.82, 2.24) is 14.9 Å². The van der Waals surface area contributed by atoms with E-state index in [-0.39, 0.29) is 12.1 Å². The Morgan fingerprint density at radius 2 is 1.71 bits per heavy atom. The fraction of sp³-hybridized carbons (Fsp3) is 0.353. The average Bonchev–Trinajstić information content (AvgIpc) is 3.46. The summed E-state index contributed by atoms with van der Waals surface area (Å²) in [5.41, 5.74) is 10.4. The van der Waals surface area contributed by atoms with E-state index < -0.39 is 0 Å². The summed E-state index contributed by atoms with van der Waals surface area (Å²) >= 11 is 13.0. The topological polar surface area (TPSA) is 36.3 Å². The lowest BCUT2D eigenvalue weighted by atomic mass is 9.96. The number of rotatable bonds is 5. The van der Waals surface area contributed by atoms with Gasteiger partial charge >= 0.3 is 0 Å². The highest BCUT2D eigenvalue weighted by atomic mass is 35.5. The molecule has 2 aliphatic heterocycles. The molecule has 2 aromatic carbocycles. The first-order valence-corrected chi connectivity index (χ1v) is 15.3. The maximum atomic E-state index is 7.00. The third kappa shape index (κ3) is 5.02. The molecule has 0 bridgehead atoms. The summed E-state index contributed by atoms with van der Waals surface area (Å²) in [5.74, 6) is 0.768. The number of aromatic nitrogens is 2. The van der Waals surface area contributed by atoms with Crippen LogP contribution in [0.2, 0.25) is 5.02 Å². The molecule has 0 radical (unpaired) electrons. The number of pyridine rings is 1. The Bertz CT molecular complexity index is 1590. The highest BCUT2D eigenvalue weighted by molar-refractivity contribution is 7.80. The third-order valence-corrected chi connectivity index (χ3v) is 9.65. The van der Waals surface area contributed by atoms with Gasteiger partial charge in [0.1, 0.15) is 0 Å². The molecule has 1 N–H and O–H groups in total. The van der Waals surface area contributed by atoms with E-state index in [9.17, 15) is 0 Å². The number of aryl methyl sites for hydroxylation is 2. The van der Waals surface area contributed by atoms with Gasteiger partial charge in [-0.05, 0) is 118 Å². The lowest BCUT2D eigenvalue weighted by Gasteiger charge is -2.33. The first-order valence-electron chi connectivity index (χ1n) is 14.5. The molecule has 6 rings (SSSR count). The minimum atomic E-state index is -0.113. The van der Waals surface area contributed by atoms with Crippen LogP contribution in [-0.4, -0.2) is 27.8 Å². The first kappa shape index (κ1) is 27.8. The molecule has 4 aromatic rings. The Morgan fingerprint density at radius 1 is 0.927 bits per heavy atom. The molecule has 0 saturated carbocycles. The molecule has 2 aromatic heterocycles. The quantitative estimate of drug-likeness (QED) is 0.240. The zero-order valence-corrected chi connectivity index (χ0v) is 26.1. The van der Waals surface area contributed by atoms with Crippen LogP contribution in [0.3, 0.4) is 0 Å². The van der Waals surface area contributed by atoms with Gasteiger partial charge in [-0.15, -0.1) is 0 Å². The summed E-state index contributed by atoms with van der Waals surface area (Å²) in [6.45, 7) is 13.2. The van der Waals surface area contributed by atoms with Crippen molar-refractivity contribution >= 4 is 40.3 Å². The van der Waals surface area contributed by atoms with Crippen molar-refractivity contribution in [2.75, 3.05) is 22.9 Å². The lowest BCUT2D eigenvalue weighted by Crippen LogP contribution is -2.33. The molecule has 5 nitrogen and oxygen atoms in total. The smallest absolute Gasteiger partial charge is 0.174 e. The van der Waals surface area contributed by atoms with Gasteiger partial charge in [-0.3, -0.25) is 4.98 Å². The largest absolute Gasteiger partial charge is 0.370 e. The van der Waals surface area contributed by atoms with Crippen molar-refractivity contribution in [3.05, 3.63) is 106 Å². The van der Waals surface area contributed by atoms with Crippen LogP contribution in [0.15, 0.2) is 66.9 Å². The highest BCUT2D eigenvalue weighted by Crippen LogP contribution is 2.45. The summed E-state index contributed by atoms with van der Waals surface area (Å²) in [6.07, 6.45) is 4.24. The van der Waals surface area contributed by atoms with Crippen LogP contribution < -0.4 is 15.1 Å². The zero-order valence-electron chi connectivity index (χ0n) is 24.5. The summed E-state index contributed by atoms with van der Waals surface area (Å²) in [4.78, 5) is 9.40. The third-order valence-electron chi connectivity index (χ3n) is 9.04. The Morgan fingerprint density at radius 3 is 2.41 bits per heavy atom. The number of piperidine rings is 1. The fourth-order valence-electron chi connectivity index (χ4n) is 6.54. The van der Waals surface area contributed by atoms with Crippen molar-refractivity contribution < 1.29 is 0 Å². The number of thiocarbonyl (C=S) groups is 1. The fourth-order valence-corrected chi connectivity index (χ4v) is 7.18. The summed E-state index contributed by atoms with van der Waals surface area (Å²) in [5, 5.41) is 5.06. The van der Waals surface area contributed by atoms with E-state index in [1.807, 2.05) is 18.3 Å². The van der Waals surface area contributed by atoms with E-state index in [1.54, 1.807) is 0 Å². The maximum absolute atomic E-state index is 7.00. The molecule has 0 spiro atoms. The number of nitrogens with zero attached hydrogens (tertiary/aromatic N) is 4. The molecule has 2 aliphatic rings. The van der Waals surface area contributed by atoms with Crippen LogP contribution in [0, 0.1) is 33.6 Å². The van der Waals surface area contributed by atoms with Gasteiger partial charge in [-0.1, -0.05) is 36.7 Å². The Kier molecular flexibility index (Phi) is 7.56. The molecule has 0 amide bonds. The van der Waals surface area contributed by atoms with Crippen molar-refractivity contribution in [1.29, 1.82) is 0 Å². The van der Waals surface area contributed by atoms with E-state index in [0.29, 0.717) is 5.11 Å². The summed E-state index contributed by atoms with van der Waals surface area (Å²) < 4.78 is 2.38. The van der Waals surface area contributed by atoms with Gasteiger partial charge in [-0.25, -0.2) is 0 Å². The molecule has 7 heteroatoms. The van der Waals surface area contributed by atoms with Gasteiger partial charge in [-0.2, -0.15) is 0 Å². The van der Waals surface area contributed by atoms with E-state index in [2.05, 4.69) is 103 Å². The second kappa shape index (κ2) is 11.1. The lowest BCUT2D eigenvalue weighted by molar-refractivity contribution is 0.438. The number of benzene rings is 2. The predicted molar refractivity (Wildman–Crippen MR) is 175 cm³/mol. The van der Waals surface area contributed by atoms with E-state index in [0.717, 1.165) is 41.1 Å². The SMILES string of the molecule is Cc1cccc(-n2c(C)cc([C@@H]3[C@@H](c4ccccn4)NC(=S)N3c3ccc(N4CCC(C)CC4)c(Cl)c3)c2C)c1C. The van der Waals surface area contributed by atoms with Crippen molar-refractivity contribution in [2.45, 2.75) is 59.5 Å². The average molecular weight is 584 g/mol. The Labute approximate surface area is 254 Å². The highest BCUT2D eigenvalue weighted by Gasteiger charge is 2.42. The zero-order chi connectivity index (χ0) is 28.8. The molecule has 0 aliphatic carbocycles. The van der Waals surface area contributed by atoms with Crippen molar-refractivity contribution in [3.8, 4) is 5.69 Å². The number of hydrogen-bond donors (Lipinski definition) is 1. The second-order valence-corrected chi connectivity index (χ2v) is 12.5. The molecule has 2 saturated heterocycles. The number of anilines is 2. The summed E-state index contributed by atoms with van der Waals surface area (Å²) in [6, 6.07) is 21.1. The van der Waals surface area contributed by atoms with Gasteiger partial charge in [0, 0.05) is 42.0 Å². The first-order chi connectivity index (χ1) is 19.7. The maximum Gasteiger partial charge on any atom is 0.174 e. The molecule has 41 heavy (non-hydrogen) atoms. The van der Waals surface area contributed by atoms with Gasteiger partial charge in [0.2, 0.25) is 0 Å². The van der Waals surface area contributed by atoms with Crippen LogP contribution in [0.4, 0.5) is 11.4 Å². The monoisotopic (exact) mass is 583 g/mol. The Hall–Kier alpha value is -3.35. The number of nitrogens with one attached hydrogen (secondary N) is 1. The van der Waals surface area contributed by atoms with E-state index >= 15 is 0 Å². The minimum absolute atomic E-state index is 0.0970. The normalized spacial score (nSPS) is 19.6. The van der Waals surface area contributed by atoms with Gasteiger partial charge in [0.25, 0.3) is 0 Å². The number of halogens is 1. The van der Waals surface area contributed by atoms with Gasteiger partial charge in [0.15, 0.2) is 5.11 Å². The second-order valence-electron chi connectivity index (χ2n) is 11.7. The molecular formula is C34H38ClN5S. The van der Waals surface area contributed by atoms with Crippen LogP contribution in [0.25, 0.3) is 5.69 Å². The summed E-state index contributed by atoms with van der Waals surface area (Å²) in [7, 11) is 0. The van der Waals surface area contributed by atoms with E-state index in [4.69, 9.17) is 28.8 Å². The Balaban J connectivity index is 1.45. The van der Waals surface area contributed by atoms with Crippen LogP contribution in [0.5, 0.6) is 0 Å². The van der Waals surface area contributed by atoms with E-state index in [1.165, 1.54) is 46.6 Å². The van der Waals surface area contributed by atoms with Crippen LogP contribution in [-0.2, 0) is 0 Å². The van der Waals surface area contributed by atoms with Crippen molar-refractivity contribution in [2.24, 2.45) is 5.92 Å². The van der Waals surface area contributed by atoms with Crippen molar-refractivity contribution in [3.63, 3.8) is 0 Å². The molecular weight excluding hydrogens is 546 g/mol. The van der Waals surface area contributed by atoms with Gasteiger partial charge in [0.05, 0.1) is 28.5 Å². The molecule has 2 atom stereocenters. The number of hydrogen-bond acceptors (Lipinski definition) is 3. The molecule has 2 fully saturated rings. The molecule has 212 valence electrons. The predicted octanol–water partition coefficient (Wildman–Crippen LogP) is 8.17. The van der Waals surface area contributed by atoms with Gasteiger partial charge < -0.3 is 19.7 Å². The van der Waals surface area contributed by atoms with Crippen LogP contribution >= 0.6 is 23.8 Å². The van der Waals surface area contributed by atoms with Crippen LogP contribution in [0.1, 0.15) is 65.6 Å².